The fraction of sp³-hybridized carbons (Fsp3) is 0.517. The second-order valence-electron chi connectivity index (χ2n) is 10.8. The molecule has 2 fully saturated rings. The summed E-state index contributed by atoms with van der Waals surface area (Å²) in [5, 5.41) is 2.91. The lowest BCUT2D eigenvalue weighted by molar-refractivity contribution is -0.139. The minimum absolute atomic E-state index is 0.0196. The lowest BCUT2D eigenvalue weighted by Crippen LogP contribution is -2.51. The molecule has 6 nitrogen and oxygen atoms in total. The van der Waals surface area contributed by atoms with Crippen LogP contribution in [-0.4, -0.2) is 49.5 Å². The van der Waals surface area contributed by atoms with E-state index in [2.05, 4.69) is 22.3 Å². The van der Waals surface area contributed by atoms with E-state index in [9.17, 15) is 9.59 Å². The molecule has 2 aromatic rings. The summed E-state index contributed by atoms with van der Waals surface area (Å²) in [5.74, 6) is 1.42. The van der Waals surface area contributed by atoms with Crippen LogP contribution in [0.25, 0.3) is 0 Å². The summed E-state index contributed by atoms with van der Waals surface area (Å²) < 4.78 is 5.70. The van der Waals surface area contributed by atoms with Gasteiger partial charge in [0.05, 0.1) is 0 Å². The number of hydrogen-bond acceptors (Lipinski definition) is 4. The molecule has 0 aromatic heterocycles. The highest BCUT2D eigenvalue weighted by atomic mass is 16.5. The number of carbonyl (C=O) groups is 2. The van der Waals surface area contributed by atoms with Crippen LogP contribution in [0.2, 0.25) is 0 Å². The van der Waals surface area contributed by atoms with Gasteiger partial charge < -0.3 is 19.9 Å². The number of hydrogen-bond donors (Lipinski definition) is 1. The van der Waals surface area contributed by atoms with Gasteiger partial charge in [-0.05, 0) is 60.7 Å². The molecule has 0 atom stereocenters. The van der Waals surface area contributed by atoms with E-state index in [0.29, 0.717) is 5.92 Å². The van der Waals surface area contributed by atoms with Crippen molar-refractivity contribution in [2.24, 2.45) is 5.41 Å². The molecular weight excluding hydrogens is 438 g/mol. The molecule has 2 aliphatic rings. The Labute approximate surface area is 209 Å². The second-order valence-corrected chi connectivity index (χ2v) is 10.8. The van der Waals surface area contributed by atoms with E-state index in [4.69, 9.17) is 4.74 Å². The zero-order chi connectivity index (χ0) is 24.8. The number of carbonyl (C=O) groups excluding carboxylic acids is 2. The van der Waals surface area contributed by atoms with Gasteiger partial charge in [0, 0.05) is 43.0 Å². The predicted octanol–water partition coefficient (Wildman–Crippen LogP) is 5.45. The third kappa shape index (κ3) is 6.77. The molecule has 2 amide bonds. The number of rotatable bonds is 6. The van der Waals surface area contributed by atoms with Crippen LogP contribution in [0.15, 0.2) is 48.5 Å². The van der Waals surface area contributed by atoms with Crippen molar-refractivity contribution in [3.05, 3.63) is 54.1 Å². The predicted molar refractivity (Wildman–Crippen MR) is 141 cm³/mol. The largest absolute Gasteiger partial charge is 0.484 e. The molecule has 35 heavy (non-hydrogen) atoms. The number of amides is 2. The van der Waals surface area contributed by atoms with Crippen LogP contribution in [0.1, 0.15) is 64.4 Å². The average molecular weight is 478 g/mol. The van der Waals surface area contributed by atoms with Crippen molar-refractivity contribution < 1.29 is 14.3 Å². The van der Waals surface area contributed by atoms with E-state index < -0.39 is 0 Å². The van der Waals surface area contributed by atoms with E-state index in [1.54, 1.807) is 0 Å². The Morgan fingerprint density at radius 1 is 0.886 bits per heavy atom. The third-order valence-corrected chi connectivity index (χ3v) is 7.05. The van der Waals surface area contributed by atoms with Crippen molar-refractivity contribution in [1.29, 1.82) is 0 Å². The van der Waals surface area contributed by atoms with Crippen LogP contribution in [0.4, 0.5) is 11.4 Å². The molecule has 0 bridgehead atoms. The number of piperazine rings is 1. The molecule has 1 heterocycles. The van der Waals surface area contributed by atoms with Gasteiger partial charge in [0.25, 0.3) is 5.91 Å². The molecule has 6 heteroatoms. The maximum absolute atomic E-state index is 12.5. The van der Waals surface area contributed by atoms with Gasteiger partial charge >= 0.3 is 0 Å². The van der Waals surface area contributed by atoms with E-state index in [-0.39, 0.29) is 23.8 Å². The van der Waals surface area contributed by atoms with Crippen molar-refractivity contribution in [3.63, 3.8) is 0 Å². The van der Waals surface area contributed by atoms with E-state index in [1.165, 1.54) is 37.7 Å². The molecule has 188 valence electrons. The van der Waals surface area contributed by atoms with Crippen LogP contribution in [0.5, 0.6) is 5.75 Å². The Hall–Kier alpha value is -3.02. The molecule has 4 rings (SSSR count). The van der Waals surface area contributed by atoms with Gasteiger partial charge in [0.2, 0.25) is 5.91 Å². The maximum atomic E-state index is 12.5. The number of benzene rings is 2. The quantitative estimate of drug-likeness (QED) is 0.601. The topological polar surface area (TPSA) is 61.9 Å². The van der Waals surface area contributed by atoms with Crippen molar-refractivity contribution in [3.8, 4) is 5.75 Å². The zero-order valence-corrected chi connectivity index (χ0v) is 21.4. The highest BCUT2D eigenvalue weighted by molar-refractivity contribution is 5.92. The maximum Gasteiger partial charge on any atom is 0.262 e. The molecule has 0 radical (unpaired) electrons. The Kier molecular flexibility index (Phi) is 7.99. The minimum Gasteiger partial charge on any atom is -0.484 e. The first-order valence-electron chi connectivity index (χ1n) is 13.0. The molecule has 1 aliphatic carbocycles. The fourth-order valence-corrected chi connectivity index (χ4v) is 5.02. The zero-order valence-electron chi connectivity index (χ0n) is 21.4. The Morgan fingerprint density at radius 2 is 1.51 bits per heavy atom. The first-order chi connectivity index (χ1) is 16.8. The van der Waals surface area contributed by atoms with Gasteiger partial charge in [0.15, 0.2) is 6.61 Å². The summed E-state index contributed by atoms with van der Waals surface area (Å²) >= 11 is 0. The van der Waals surface area contributed by atoms with Gasteiger partial charge in [-0.15, -0.1) is 0 Å². The molecule has 1 aliphatic heterocycles. The lowest BCUT2D eigenvalue weighted by atomic mass is 9.84. The number of anilines is 2. The smallest absolute Gasteiger partial charge is 0.262 e. The SMILES string of the molecule is CC(C)(C)C(=O)N1CCN(c2ccc(NC(=O)COc3ccc(C4CCCCC4)cc3)cc2)CC1. The van der Waals surface area contributed by atoms with E-state index >= 15 is 0 Å². The lowest BCUT2D eigenvalue weighted by Gasteiger charge is -2.38. The average Bonchev–Trinajstić information content (AvgIpc) is 2.88. The Balaban J connectivity index is 1.21. The fourth-order valence-electron chi connectivity index (χ4n) is 5.02. The first kappa shape index (κ1) is 25.1. The molecule has 2 aromatic carbocycles. The van der Waals surface area contributed by atoms with Crippen LogP contribution in [0, 0.1) is 5.41 Å². The number of nitrogens with one attached hydrogen (secondary N) is 1. The highest BCUT2D eigenvalue weighted by Gasteiger charge is 2.29. The normalized spacial score (nSPS) is 17.2. The molecule has 1 N–H and O–H groups in total. The van der Waals surface area contributed by atoms with Crippen molar-refractivity contribution in [2.45, 2.75) is 58.8 Å². The van der Waals surface area contributed by atoms with Crippen molar-refractivity contribution >= 4 is 23.2 Å². The summed E-state index contributed by atoms with van der Waals surface area (Å²) in [6.07, 6.45) is 6.54. The van der Waals surface area contributed by atoms with Crippen LogP contribution in [0.3, 0.4) is 0 Å². The van der Waals surface area contributed by atoms with E-state index in [1.807, 2.05) is 62.1 Å². The standard InChI is InChI=1S/C29H39N3O3/c1-29(2,3)28(34)32-19-17-31(18-20-32)25-13-11-24(12-14-25)30-27(33)21-35-26-15-9-23(10-16-26)22-7-5-4-6-8-22/h9-16,22H,4-8,17-21H2,1-3H3,(H,30,33). The second kappa shape index (κ2) is 11.1. The minimum atomic E-state index is -0.343. The van der Waals surface area contributed by atoms with Gasteiger partial charge in [-0.1, -0.05) is 52.2 Å². The van der Waals surface area contributed by atoms with Crippen LogP contribution in [-0.2, 0) is 9.59 Å². The van der Waals surface area contributed by atoms with Crippen LogP contribution >= 0.6 is 0 Å². The Bertz CT molecular complexity index is 981. The van der Waals surface area contributed by atoms with Gasteiger partial charge in [-0.3, -0.25) is 9.59 Å². The molecule has 0 unspecified atom stereocenters. The van der Waals surface area contributed by atoms with Crippen LogP contribution < -0.4 is 15.0 Å². The molecule has 1 saturated heterocycles. The first-order valence-corrected chi connectivity index (χ1v) is 13.0. The summed E-state index contributed by atoms with van der Waals surface area (Å²) in [7, 11) is 0. The van der Waals surface area contributed by atoms with E-state index in [0.717, 1.165) is 43.3 Å². The Morgan fingerprint density at radius 3 is 2.11 bits per heavy atom. The summed E-state index contributed by atoms with van der Waals surface area (Å²) in [6.45, 7) is 8.95. The van der Waals surface area contributed by atoms with Gasteiger partial charge in [-0.2, -0.15) is 0 Å². The monoisotopic (exact) mass is 477 g/mol. The molecule has 0 spiro atoms. The van der Waals surface area contributed by atoms with Gasteiger partial charge in [-0.25, -0.2) is 0 Å². The van der Waals surface area contributed by atoms with Crippen molar-refractivity contribution in [1.82, 2.24) is 4.90 Å². The summed E-state index contributed by atoms with van der Waals surface area (Å²) in [6, 6.07) is 16.1. The van der Waals surface area contributed by atoms with Crippen molar-refractivity contribution in [2.75, 3.05) is 43.0 Å². The molecule has 1 saturated carbocycles. The summed E-state index contributed by atoms with van der Waals surface area (Å²) in [5.41, 5.74) is 2.88. The molecular formula is C29H39N3O3. The number of ether oxygens (including phenoxy) is 1. The highest BCUT2D eigenvalue weighted by Crippen LogP contribution is 2.33. The number of nitrogens with zero attached hydrogens (tertiary/aromatic N) is 2. The van der Waals surface area contributed by atoms with Gasteiger partial charge in [0.1, 0.15) is 5.75 Å². The third-order valence-electron chi connectivity index (χ3n) is 7.05. The summed E-state index contributed by atoms with van der Waals surface area (Å²) in [4.78, 5) is 29.1.